The summed E-state index contributed by atoms with van der Waals surface area (Å²) >= 11 is 0. The summed E-state index contributed by atoms with van der Waals surface area (Å²) in [5.74, 6) is 0. The fourth-order valence-corrected chi connectivity index (χ4v) is 15.7. The molecule has 117 heavy (non-hydrogen) atoms. The molecule has 0 amide bonds. The van der Waals surface area contributed by atoms with Crippen LogP contribution in [0.5, 0.6) is 0 Å². The Morgan fingerprint density at radius 3 is 0.761 bits per heavy atom. The summed E-state index contributed by atoms with van der Waals surface area (Å²) in [6.07, 6.45) is 0. The number of rotatable bonds is 15. The van der Waals surface area contributed by atoms with Gasteiger partial charge in [0.05, 0.1) is 34.2 Å². The second-order valence-corrected chi connectivity index (χ2v) is 30.8. The summed E-state index contributed by atoms with van der Waals surface area (Å²) in [6.45, 7) is 19.7. The molecule has 0 N–H and O–H groups in total. The van der Waals surface area contributed by atoms with E-state index in [0.717, 1.165) is 84.2 Å². The number of benzene rings is 15. The predicted octanol–water partition coefficient (Wildman–Crippen LogP) is 31.0. The van der Waals surface area contributed by atoms with Crippen LogP contribution >= 0.6 is 0 Å². The third-order valence-electron chi connectivity index (χ3n) is 22.4. The Kier molecular flexibility index (Phi) is 23.0. The lowest BCUT2D eigenvalue weighted by atomic mass is 9.88. The number of pyridine rings is 3. The summed E-state index contributed by atoms with van der Waals surface area (Å²) in [5.41, 5.74) is 46.2. The van der Waals surface area contributed by atoms with Gasteiger partial charge in [-0.3, -0.25) is 0 Å². The third kappa shape index (κ3) is 17.9. The molecule has 15 aromatic carbocycles. The van der Waals surface area contributed by atoms with Crippen molar-refractivity contribution >= 4 is 0 Å². The van der Waals surface area contributed by atoms with Crippen LogP contribution in [0.4, 0.5) is 0 Å². The van der Waals surface area contributed by atoms with Crippen LogP contribution in [0.25, 0.3) is 168 Å². The number of hydrogen-bond donors (Lipinski definition) is 0. The summed E-state index contributed by atoms with van der Waals surface area (Å²) in [5, 5.41) is 0. The maximum Gasteiger partial charge on any atom is 0.0715 e. The molecule has 18 rings (SSSR count). The first-order valence-electron chi connectivity index (χ1n) is 40.4. The molecule has 3 nitrogen and oxygen atoms in total. The highest BCUT2D eigenvalue weighted by Crippen LogP contribution is 2.41. The quantitative estimate of drug-likeness (QED) is 0.103. The highest BCUT2D eigenvalue weighted by molar-refractivity contribution is 5.86. The Balaban J connectivity index is 0.000000131. The Bertz CT molecular complexity index is 6460. The molecule has 18 aromatic rings. The van der Waals surface area contributed by atoms with E-state index in [9.17, 15) is 0 Å². The Morgan fingerprint density at radius 1 is 0.137 bits per heavy atom. The van der Waals surface area contributed by atoms with Crippen molar-refractivity contribution in [1.82, 2.24) is 15.0 Å². The van der Waals surface area contributed by atoms with Gasteiger partial charge in [0.2, 0.25) is 0 Å². The van der Waals surface area contributed by atoms with E-state index in [-0.39, 0.29) is 0 Å². The lowest BCUT2D eigenvalue weighted by Crippen LogP contribution is -1.96. The molecular formula is C114H93N3. The fourth-order valence-electron chi connectivity index (χ4n) is 15.7. The number of aryl methyl sites for hydroxylation is 7. The van der Waals surface area contributed by atoms with E-state index < -0.39 is 0 Å². The number of aromatic nitrogens is 3. The van der Waals surface area contributed by atoms with Crippen molar-refractivity contribution in [2.45, 2.75) is 62.3 Å². The highest BCUT2D eigenvalue weighted by Gasteiger charge is 2.18. The van der Waals surface area contributed by atoms with Gasteiger partial charge < -0.3 is 0 Å². The molecule has 3 heteroatoms. The van der Waals surface area contributed by atoms with Gasteiger partial charge in [0, 0.05) is 33.4 Å². The highest BCUT2D eigenvalue weighted by atomic mass is 14.7. The van der Waals surface area contributed by atoms with E-state index >= 15 is 0 Å². The van der Waals surface area contributed by atoms with E-state index in [0.29, 0.717) is 0 Å². The van der Waals surface area contributed by atoms with E-state index in [4.69, 9.17) is 15.0 Å². The van der Waals surface area contributed by atoms with E-state index in [1.165, 1.54) is 134 Å². The van der Waals surface area contributed by atoms with Gasteiger partial charge in [-0.2, -0.15) is 0 Å². The summed E-state index contributed by atoms with van der Waals surface area (Å²) in [7, 11) is 0. The molecule has 0 aliphatic carbocycles. The third-order valence-corrected chi connectivity index (χ3v) is 22.4. The molecule has 0 spiro atoms. The molecule has 0 radical (unpaired) electrons. The van der Waals surface area contributed by atoms with Crippen LogP contribution in [0.3, 0.4) is 0 Å². The molecule has 3 heterocycles. The molecule has 0 bridgehead atoms. The van der Waals surface area contributed by atoms with Gasteiger partial charge in [-0.25, -0.2) is 15.0 Å². The van der Waals surface area contributed by atoms with Crippen molar-refractivity contribution < 1.29 is 0 Å². The molecule has 0 atom stereocenters. The van der Waals surface area contributed by atoms with Gasteiger partial charge in [-0.15, -0.1) is 0 Å². The predicted molar refractivity (Wildman–Crippen MR) is 497 cm³/mol. The molecule has 0 saturated carbocycles. The summed E-state index contributed by atoms with van der Waals surface area (Å²) < 4.78 is 0. The molecule has 0 fully saturated rings. The van der Waals surface area contributed by atoms with Crippen molar-refractivity contribution in [2.75, 3.05) is 0 Å². The zero-order valence-corrected chi connectivity index (χ0v) is 67.9. The lowest BCUT2D eigenvalue weighted by molar-refractivity contribution is 1.24. The molecule has 0 unspecified atom stereocenters. The minimum atomic E-state index is 0.972. The van der Waals surface area contributed by atoms with Crippen LogP contribution < -0.4 is 0 Å². The van der Waals surface area contributed by atoms with Gasteiger partial charge in [0.15, 0.2) is 0 Å². The van der Waals surface area contributed by atoms with Crippen LogP contribution in [0.15, 0.2) is 400 Å². The maximum atomic E-state index is 5.18. The zero-order valence-electron chi connectivity index (χ0n) is 67.9. The molecular weight excluding hydrogens is 1410 g/mol. The monoisotopic (exact) mass is 1500 g/mol. The smallest absolute Gasteiger partial charge is 0.0715 e. The van der Waals surface area contributed by atoms with Gasteiger partial charge in [-0.05, 0) is 257 Å². The minimum Gasteiger partial charge on any atom is -0.248 e. The zero-order chi connectivity index (χ0) is 80.3. The minimum absolute atomic E-state index is 0.972. The van der Waals surface area contributed by atoms with Gasteiger partial charge in [0.1, 0.15) is 0 Å². The second-order valence-electron chi connectivity index (χ2n) is 30.8. The summed E-state index contributed by atoms with van der Waals surface area (Å²) in [4.78, 5) is 15.4. The number of nitrogens with zero attached hydrogens (tertiary/aromatic N) is 3. The van der Waals surface area contributed by atoms with Crippen LogP contribution in [-0.2, 0) is 0 Å². The van der Waals surface area contributed by atoms with Crippen LogP contribution in [0.2, 0.25) is 0 Å². The lowest BCUT2D eigenvalue weighted by Gasteiger charge is -2.17. The van der Waals surface area contributed by atoms with Crippen molar-refractivity contribution in [3.8, 4) is 168 Å². The first-order valence-corrected chi connectivity index (χ1v) is 40.4. The van der Waals surface area contributed by atoms with Crippen LogP contribution in [0, 0.1) is 62.3 Å². The molecule has 0 saturated heterocycles. The Morgan fingerprint density at radius 2 is 0.376 bits per heavy atom. The molecule has 564 valence electrons. The molecule has 3 aromatic heterocycles. The van der Waals surface area contributed by atoms with E-state index in [1.54, 1.807) is 0 Å². The van der Waals surface area contributed by atoms with E-state index in [2.05, 4.69) is 444 Å². The Labute approximate surface area is 690 Å². The SMILES string of the molecule is Cc1cc(C)c(C)c(-c2cccc(-c3cc(-c4ccc(-c5ccccc5)cc4)cc(-c4ccccc4)n3)c2)c1C.Cc1ccc(C)c(-c2cccc(-c3ccc(-c4cc(-c5ccccc5)nc(-c5ccccc5)c4)cc3)c2)c1.Cc1cccc(-c2cccc(-c3cc(-c4ccccc4)nc(-c4cccc(-c5cc(C)ccc5C)c4)c3)c2)c1. The van der Waals surface area contributed by atoms with Gasteiger partial charge in [-0.1, -0.05) is 356 Å². The van der Waals surface area contributed by atoms with Crippen LogP contribution in [-0.4, -0.2) is 15.0 Å². The Hall–Kier alpha value is -14.3. The molecule has 0 aliphatic rings. The average molecular weight is 1510 g/mol. The van der Waals surface area contributed by atoms with Crippen LogP contribution in [0.1, 0.15) is 50.1 Å². The first kappa shape index (κ1) is 76.7. The van der Waals surface area contributed by atoms with Crippen molar-refractivity contribution in [3.63, 3.8) is 0 Å². The largest absolute Gasteiger partial charge is 0.248 e. The normalized spacial score (nSPS) is 10.9. The average Bonchev–Trinajstić information content (AvgIpc) is 0.788. The topological polar surface area (TPSA) is 38.7 Å². The molecule has 0 aliphatic heterocycles. The second kappa shape index (κ2) is 35.0. The van der Waals surface area contributed by atoms with E-state index in [1.807, 2.05) is 18.2 Å². The standard InChI is InChI=1S/C39H33N.C38H31N.C37H29N/c1-26-22-27(2)29(4)39(28(26)3)35-17-11-16-34(23-35)38-25-36(24-37(40-38)33-14-9-6-10-15-33)32-20-18-31(19-21-32)30-12-7-5-8-13-30;1-26-10-7-13-30(20-26)31-14-8-15-32(22-31)35-24-37(29-11-5-4-6-12-29)39-38(25-35)34-17-9-16-33(23-34)36-21-27(2)18-19-28(36)3;1-26-16-17-27(2)35(22-26)33-15-9-14-32(23-33)28-18-20-29(21-19-28)34-24-36(30-10-5-3-6-11-30)38-37(25-34)31-12-7-4-8-13-31/h5-25H,1-4H3;4-25H,1-3H3;3-25H,1-2H3. The van der Waals surface area contributed by atoms with Crippen molar-refractivity contribution in [1.29, 1.82) is 0 Å². The maximum absolute atomic E-state index is 5.18. The summed E-state index contributed by atoms with van der Waals surface area (Å²) in [6, 6.07) is 143. The fraction of sp³-hybridized carbons (Fsp3) is 0.0789. The van der Waals surface area contributed by atoms with Gasteiger partial charge >= 0.3 is 0 Å². The van der Waals surface area contributed by atoms with Gasteiger partial charge in [0.25, 0.3) is 0 Å². The number of hydrogen-bond acceptors (Lipinski definition) is 3. The first-order chi connectivity index (χ1) is 57.1. The van der Waals surface area contributed by atoms with Crippen molar-refractivity contribution in [3.05, 3.63) is 450 Å². The van der Waals surface area contributed by atoms with Crippen molar-refractivity contribution in [2.24, 2.45) is 0 Å².